The van der Waals surface area contributed by atoms with Gasteiger partial charge < -0.3 is 15.7 Å². The fourth-order valence-electron chi connectivity index (χ4n) is 1.67. The van der Waals surface area contributed by atoms with Gasteiger partial charge in [-0.2, -0.15) is 0 Å². The number of hydrogen-bond acceptors (Lipinski definition) is 3. The van der Waals surface area contributed by atoms with Gasteiger partial charge in [-0.1, -0.05) is 0 Å². The molecule has 1 rings (SSSR count). The van der Waals surface area contributed by atoms with Crippen molar-refractivity contribution in [1.82, 2.24) is 4.90 Å². The zero-order valence-electron chi connectivity index (χ0n) is 9.92. The summed E-state index contributed by atoms with van der Waals surface area (Å²) in [7, 11) is 1.72. The molecular weight excluding hydrogens is 192 g/mol. The largest absolute Gasteiger partial charge is 0.394 e. The predicted molar refractivity (Wildman–Crippen MR) is 59.3 cm³/mol. The van der Waals surface area contributed by atoms with Gasteiger partial charge in [0.05, 0.1) is 12.1 Å². The smallest absolute Gasteiger partial charge is 0.224 e. The Kier molecular flexibility index (Phi) is 3.41. The third kappa shape index (κ3) is 2.69. The molecule has 0 bridgehead atoms. The number of nitrogens with two attached hydrogens (primary N) is 1. The summed E-state index contributed by atoms with van der Waals surface area (Å²) in [5, 5.41) is 9.16. The maximum Gasteiger partial charge on any atom is 0.224 e. The van der Waals surface area contributed by atoms with E-state index in [9.17, 15) is 4.79 Å². The van der Waals surface area contributed by atoms with Crippen molar-refractivity contribution in [3.05, 3.63) is 0 Å². The van der Waals surface area contributed by atoms with Crippen LogP contribution in [0.15, 0.2) is 0 Å². The molecule has 88 valence electrons. The van der Waals surface area contributed by atoms with Crippen molar-refractivity contribution in [3.8, 4) is 0 Å². The lowest BCUT2D eigenvalue weighted by atomic mass is 9.75. The number of carbonyl (C=O) groups is 1. The summed E-state index contributed by atoms with van der Waals surface area (Å²) < 4.78 is 0. The minimum atomic E-state index is -0.503. The van der Waals surface area contributed by atoms with Gasteiger partial charge in [-0.25, -0.2) is 0 Å². The second-order valence-electron chi connectivity index (χ2n) is 5.32. The number of aliphatic hydroxyl groups excluding tert-OH is 1. The standard InChI is InChI=1S/C11H22N2O2/c1-10(2,8-14)13(3)9(15)7-11(12)5-4-6-11/h14H,4-8,12H2,1-3H3. The molecule has 0 aromatic heterocycles. The van der Waals surface area contributed by atoms with Crippen LogP contribution in [0.2, 0.25) is 0 Å². The van der Waals surface area contributed by atoms with Crippen molar-refractivity contribution in [2.75, 3.05) is 13.7 Å². The second-order valence-corrected chi connectivity index (χ2v) is 5.32. The molecule has 0 radical (unpaired) electrons. The highest BCUT2D eigenvalue weighted by molar-refractivity contribution is 5.78. The van der Waals surface area contributed by atoms with Crippen LogP contribution < -0.4 is 5.73 Å². The van der Waals surface area contributed by atoms with Crippen molar-refractivity contribution in [2.24, 2.45) is 5.73 Å². The van der Waals surface area contributed by atoms with Gasteiger partial charge >= 0.3 is 0 Å². The molecule has 0 atom stereocenters. The number of nitrogens with zero attached hydrogens (tertiary/aromatic N) is 1. The lowest BCUT2D eigenvalue weighted by molar-refractivity contribution is -0.138. The van der Waals surface area contributed by atoms with E-state index in [-0.39, 0.29) is 18.1 Å². The molecular formula is C11H22N2O2. The first-order chi connectivity index (χ1) is 6.81. The average Bonchev–Trinajstić information content (AvgIpc) is 2.14. The third-order valence-corrected chi connectivity index (χ3v) is 3.52. The summed E-state index contributed by atoms with van der Waals surface area (Å²) >= 11 is 0. The molecule has 1 amide bonds. The van der Waals surface area contributed by atoms with Crippen molar-refractivity contribution in [3.63, 3.8) is 0 Å². The molecule has 0 aliphatic heterocycles. The fourth-order valence-corrected chi connectivity index (χ4v) is 1.67. The van der Waals surface area contributed by atoms with E-state index in [1.54, 1.807) is 11.9 Å². The Morgan fingerprint density at radius 1 is 1.53 bits per heavy atom. The van der Waals surface area contributed by atoms with Crippen molar-refractivity contribution in [2.45, 2.75) is 50.6 Å². The predicted octanol–water partition coefficient (Wildman–Crippen LogP) is 0.487. The van der Waals surface area contributed by atoms with Crippen LogP contribution in [0.3, 0.4) is 0 Å². The van der Waals surface area contributed by atoms with Crippen LogP contribution in [0, 0.1) is 0 Å². The first-order valence-corrected chi connectivity index (χ1v) is 5.47. The normalized spacial score (nSPS) is 19.5. The zero-order chi connectivity index (χ0) is 11.7. The van der Waals surface area contributed by atoms with Crippen LogP contribution in [-0.2, 0) is 4.79 Å². The van der Waals surface area contributed by atoms with E-state index in [4.69, 9.17) is 10.8 Å². The van der Waals surface area contributed by atoms with E-state index in [0.717, 1.165) is 19.3 Å². The van der Waals surface area contributed by atoms with Crippen LogP contribution in [0.1, 0.15) is 39.5 Å². The Morgan fingerprint density at radius 2 is 2.07 bits per heavy atom. The number of likely N-dealkylation sites (N-methyl/N-ethyl adjacent to an activating group) is 1. The van der Waals surface area contributed by atoms with E-state index in [2.05, 4.69) is 0 Å². The average molecular weight is 214 g/mol. The van der Waals surface area contributed by atoms with Gasteiger partial charge in [0, 0.05) is 19.0 Å². The molecule has 1 aliphatic rings. The van der Waals surface area contributed by atoms with Gasteiger partial charge in [0.2, 0.25) is 5.91 Å². The molecule has 4 heteroatoms. The highest BCUT2D eigenvalue weighted by Crippen LogP contribution is 2.33. The van der Waals surface area contributed by atoms with Crippen LogP contribution in [0.5, 0.6) is 0 Å². The van der Waals surface area contributed by atoms with E-state index in [0.29, 0.717) is 6.42 Å². The highest BCUT2D eigenvalue weighted by Gasteiger charge is 2.37. The van der Waals surface area contributed by atoms with Gasteiger partial charge in [0.25, 0.3) is 0 Å². The third-order valence-electron chi connectivity index (χ3n) is 3.52. The Labute approximate surface area is 91.4 Å². The number of aliphatic hydroxyl groups is 1. The lowest BCUT2D eigenvalue weighted by Gasteiger charge is -2.41. The molecule has 1 saturated carbocycles. The maximum absolute atomic E-state index is 11.9. The van der Waals surface area contributed by atoms with Crippen LogP contribution >= 0.6 is 0 Å². The fraction of sp³-hybridized carbons (Fsp3) is 0.909. The lowest BCUT2D eigenvalue weighted by Crippen LogP contribution is -2.54. The molecule has 1 aliphatic carbocycles. The zero-order valence-corrected chi connectivity index (χ0v) is 9.92. The monoisotopic (exact) mass is 214 g/mol. The quantitative estimate of drug-likeness (QED) is 0.715. The summed E-state index contributed by atoms with van der Waals surface area (Å²) in [4.78, 5) is 13.5. The second kappa shape index (κ2) is 4.10. The molecule has 15 heavy (non-hydrogen) atoms. The van der Waals surface area contributed by atoms with Gasteiger partial charge in [-0.05, 0) is 33.1 Å². The van der Waals surface area contributed by atoms with Gasteiger partial charge in [0.15, 0.2) is 0 Å². The van der Waals surface area contributed by atoms with Crippen molar-refractivity contribution >= 4 is 5.91 Å². The maximum atomic E-state index is 11.9. The van der Waals surface area contributed by atoms with Gasteiger partial charge in [0.1, 0.15) is 0 Å². The summed E-state index contributed by atoms with van der Waals surface area (Å²) in [6.45, 7) is 3.65. The molecule has 0 spiro atoms. The topological polar surface area (TPSA) is 66.6 Å². The Balaban J connectivity index is 2.53. The minimum Gasteiger partial charge on any atom is -0.394 e. The minimum absolute atomic E-state index is 0.0243. The van der Waals surface area contributed by atoms with Gasteiger partial charge in [-0.15, -0.1) is 0 Å². The van der Waals surface area contributed by atoms with Crippen LogP contribution in [-0.4, -0.2) is 40.6 Å². The molecule has 1 fully saturated rings. The molecule has 0 aromatic carbocycles. The van der Waals surface area contributed by atoms with E-state index in [1.165, 1.54) is 0 Å². The summed E-state index contributed by atoms with van der Waals surface area (Å²) in [6.07, 6.45) is 3.39. The molecule has 0 aromatic rings. The SMILES string of the molecule is CN(C(=O)CC1(N)CCC1)C(C)(C)CO. The van der Waals surface area contributed by atoms with Crippen LogP contribution in [0.4, 0.5) is 0 Å². The highest BCUT2D eigenvalue weighted by atomic mass is 16.3. The summed E-state index contributed by atoms with van der Waals surface area (Å²) in [5.41, 5.74) is 5.23. The Morgan fingerprint density at radius 3 is 2.40 bits per heavy atom. The number of carbonyl (C=O) groups excluding carboxylic acids is 1. The van der Waals surface area contributed by atoms with Crippen molar-refractivity contribution in [1.29, 1.82) is 0 Å². The Hall–Kier alpha value is -0.610. The molecule has 0 heterocycles. The van der Waals surface area contributed by atoms with E-state index in [1.807, 2.05) is 13.8 Å². The van der Waals surface area contributed by atoms with Crippen LogP contribution in [0.25, 0.3) is 0 Å². The van der Waals surface area contributed by atoms with Crippen molar-refractivity contribution < 1.29 is 9.90 Å². The van der Waals surface area contributed by atoms with E-state index >= 15 is 0 Å². The van der Waals surface area contributed by atoms with E-state index < -0.39 is 5.54 Å². The molecule has 0 unspecified atom stereocenters. The first-order valence-electron chi connectivity index (χ1n) is 5.47. The first kappa shape index (κ1) is 12.5. The Bertz CT molecular complexity index is 247. The molecule has 0 saturated heterocycles. The van der Waals surface area contributed by atoms with Gasteiger partial charge in [-0.3, -0.25) is 4.79 Å². The molecule has 3 N–H and O–H groups in total. The number of hydrogen-bond donors (Lipinski definition) is 2. The number of amides is 1. The number of rotatable bonds is 4. The molecule has 4 nitrogen and oxygen atoms in total. The summed E-state index contributed by atoms with van der Waals surface area (Å²) in [6, 6.07) is 0. The summed E-state index contributed by atoms with van der Waals surface area (Å²) in [5.74, 6) is 0.0243.